The minimum Gasteiger partial charge on any atom is -0.479 e. The number of furan rings is 1. The monoisotopic (exact) mass is 301 g/mol. The van der Waals surface area contributed by atoms with Crippen molar-refractivity contribution in [3.63, 3.8) is 0 Å². The summed E-state index contributed by atoms with van der Waals surface area (Å²) in [6, 6.07) is 7.88. The summed E-state index contributed by atoms with van der Waals surface area (Å²) >= 11 is 0. The first-order valence-electron chi connectivity index (χ1n) is 7.09. The maximum absolute atomic E-state index is 12.0. The number of carboxylic acids is 1. The summed E-state index contributed by atoms with van der Waals surface area (Å²) in [5.41, 5.74) is 2.65. The average Bonchev–Trinajstić information content (AvgIpc) is 2.98. The highest BCUT2D eigenvalue weighted by molar-refractivity contribution is 5.84. The van der Waals surface area contributed by atoms with Gasteiger partial charge in [0.15, 0.2) is 6.04 Å². The zero-order valence-electron chi connectivity index (χ0n) is 12.6. The van der Waals surface area contributed by atoms with Crippen molar-refractivity contribution in [1.82, 2.24) is 5.32 Å². The van der Waals surface area contributed by atoms with E-state index in [2.05, 4.69) is 5.32 Å². The van der Waals surface area contributed by atoms with E-state index in [9.17, 15) is 14.7 Å². The zero-order chi connectivity index (χ0) is 16.1. The maximum atomic E-state index is 12.0. The molecule has 116 valence electrons. The van der Waals surface area contributed by atoms with Gasteiger partial charge in [0.1, 0.15) is 5.76 Å². The number of rotatable bonds is 6. The average molecular weight is 301 g/mol. The highest BCUT2D eigenvalue weighted by Crippen LogP contribution is 2.18. The van der Waals surface area contributed by atoms with Crippen LogP contribution < -0.4 is 5.32 Å². The summed E-state index contributed by atoms with van der Waals surface area (Å²) in [4.78, 5) is 23.4. The number of hydrogen-bond donors (Lipinski definition) is 2. The molecule has 1 atom stereocenters. The second-order valence-electron chi connectivity index (χ2n) is 5.26. The fraction of sp³-hybridized carbons (Fsp3) is 0.294. The van der Waals surface area contributed by atoms with Crippen molar-refractivity contribution >= 4 is 11.9 Å². The number of benzene rings is 1. The molecule has 2 aromatic rings. The van der Waals surface area contributed by atoms with Gasteiger partial charge in [0, 0.05) is 12.8 Å². The quantitative estimate of drug-likeness (QED) is 0.860. The van der Waals surface area contributed by atoms with Gasteiger partial charge in [0.05, 0.1) is 6.26 Å². The Morgan fingerprint density at radius 3 is 2.59 bits per heavy atom. The van der Waals surface area contributed by atoms with Crippen LogP contribution in [0.15, 0.2) is 41.0 Å². The van der Waals surface area contributed by atoms with Crippen LogP contribution in [0.25, 0.3) is 0 Å². The van der Waals surface area contributed by atoms with Gasteiger partial charge in [-0.15, -0.1) is 0 Å². The lowest BCUT2D eigenvalue weighted by molar-refractivity contribution is -0.142. The Morgan fingerprint density at radius 1 is 1.23 bits per heavy atom. The van der Waals surface area contributed by atoms with Crippen LogP contribution in [-0.2, 0) is 16.0 Å². The molecule has 0 bridgehead atoms. The van der Waals surface area contributed by atoms with Gasteiger partial charge in [-0.05, 0) is 42.7 Å². The van der Waals surface area contributed by atoms with E-state index in [0.717, 1.165) is 11.1 Å². The molecule has 0 fully saturated rings. The van der Waals surface area contributed by atoms with Crippen LogP contribution in [0.4, 0.5) is 0 Å². The van der Waals surface area contributed by atoms with Crippen molar-refractivity contribution in [2.45, 2.75) is 32.7 Å². The Morgan fingerprint density at radius 2 is 2.00 bits per heavy atom. The normalized spacial score (nSPS) is 11.9. The largest absolute Gasteiger partial charge is 0.479 e. The number of amides is 1. The second-order valence-corrected chi connectivity index (χ2v) is 5.26. The van der Waals surface area contributed by atoms with E-state index in [1.165, 1.54) is 0 Å². The van der Waals surface area contributed by atoms with Gasteiger partial charge in [0.2, 0.25) is 5.91 Å². The molecule has 0 saturated heterocycles. The minimum atomic E-state index is -1.07. The van der Waals surface area contributed by atoms with Crippen LogP contribution in [0, 0.1) is 13.8 Å². The molecule has 0 aliphatic rings. The van der Waals surface area contributed by atoms with Gasteiger partial charge in [-0.2, -0.15) is 0 Å². The van der Waals surface area contributed by atoms with Gasteiger partial charge >= 0.3 is 5.97 Å². The summed E-state index contributed by atoms with van der Waals surface area (Å²) in [7, 11) is 0. The van der Waals surface area contributed by atoms with E-state index < -0.39 is 12.0 Å². The van der Waals surface area contributed by atoms with Crippen LogP contribution in [0.1, 0.15) is 34.9 Å². The maximum Gasteiger partial charge on any atom is 0.330 e. The van der Waals surface area contributed by atoms with Gasteiger partial charge in [0.25, 0.3) is 0 Å². The number of nitrogens with one attached hydrogen (secondary N) is 1. The molecule has 0 aliphatic heterocycles. The third-order valence-corrected chi connectivity index (χ3v) is 3.60. The molecule has 0 spiro atoms. The predicted octanol–water partition coefficient (Wildman–Crippen LogP) is 2.77. The van der Waals surface area contributed by atoms with Crippen LogP contribution in [0.2, 0.25) is 0 Å². The van der Waals surface area contributed by atoms with Gasteiger partial charge in [-0.1, -0.05) is 18.2 Å². The number of carbonyl (C=O) groups excluding carboxylic acids is 1. The molecule has 1 unspecified atom stereocenters. The lowest BCUT2D eigenvalue weighted by Gasteiger charge is -2.16. The van der Waals surface area contributed by atoms with E-state index in [1.807, 2.05) is 19.9 Å². The summed E-state index contributed by atoms with van der Waals surface area (Å²) in [5, 5.41) is 11.9. The molecular formula is C17H19NO4. The first-order chi connectivity index (χ1) is 10.5. The van der Waals surface area contributed by atoms with E-state index in [-0.39, 0.29) is 12.3 Å². The third-order valence-electron chi connectivity index (χ3n) is 3.60. The van der Waals surface area contributed by atoms with E-state index in [0.29, 0.717) is 17.7 Å². The number of aryl methyl sites for hydroxylation is 3. The van der Waals surface area contributed by atoms with E-state index in [1.54, 1.807) is 30.5 Å². The molecule has 0 aliphatic carbocycles. The number of carbonyl (C=O) groups is 2. The van der Waals surface area contributed by atoms with Gasteiger partial charge < -0.3 is 14.8 Å². The summed E-state index contributed by atoms with van der Waals surface area (Å²) in [6.07, 6.45) is 2.17. The molecule has 1 aromatic heterocycles. The molecule has 2 N–H and O–H groups in total. The highest BCUT2D eigenvalue weighted by atomic mass is 16.4. The van der Waals surface area contributed by atoms with Crippen LogP contribution in [0.3, 0.4) is 0 Å². The molecule has 1 heterocycles. The molecule has 22 heavy (non-hydrogen) atoms. The van der Waals surface area contributed by atoms with Crippen molar-refractivity contribution in [1.29, 1.82) is 0 Å². The first kappa shape index (κ1) is 15.8. The Labute approximate surface area is 129 Å². The van der Waals surface area contributed by atoms with Crippen LogP contribution in [-0.4, -0.2) is 17.0 Å². The second kappa shape index (κ2) is 6.93. The molecule has 5 nitrogen and oxygen atoms in total. The zero-order valence-corrected chi connectivity index (χ0v) is 12.6. The SMILES string of the molecule is Cc1ccc(C(NC(=O)CCc2ccco2)C(=O)O)cc1C. The highest BCUT2D eigenvalue weighted by Gasteiger charge is 2.22. The predicted molar refractivity (Wildman–Crippen MR) is 81.5 cm³/mol. The van der Waals surface area contributed by atoms with Crippen molar-refractivity contribution in [2.24, 2.45) is 0 Å². The fourth-order valence-electron chi connectivity index (χ4n) is 2.16. The standard InChI is InChI=1S/C17H19NO4/c1-11-5-6-13(10-12(11)2)16(17(20)21)18-15(19)8-7-14-4-3-9-22-14/h3-6,9-10,16H,7-8H2,1-2H3,(H,18,19)(H,20,21). The molecular weight excluding hydrogens is 282 g/mol. The number of carboxylic acid groups (broad SMARTS) is 1. The van der Waals surface area contributed by atoms with E-state index >= 15 is 0 Å². The molecule has 5 heteroatoms. The number of hydrogen-bond acceptors (Lipinski definition) is 3. The lowest BCUT2D eigenvalue weighted by Crippen LogP contribution is -2.33. The smallest absolute Gasteiger partial charge is 0.330 e. The molecule has 1 amide bonds. The van der Waals surface area contributed by atoms with Crippen molar-refractivity contribution in [2.75, 3.05) is 0 Å². The molecule has 0 saturated carbocycles. The number of aliphatic carboxylic acids is 1. The summed E-state index contributed by atoms with van der Waals surface area (Å²) in [5.74, 6) is -0.690. The Bertz CT molecular complexity index is 661. The minimum absolute atomic E-state index is 0.183. The van der Waals surface area contributed by atoms with Crippen molar-refractivity contribution < 1.29 is 19.1 Å². The van der Waals surface area contributed by atoms with Gasteiger partial charge in [-0.25, -0.2) is 4.79 Å². The van der Waals surface area contributed by atoms with Crippen molar-refractivity contribution in [3.05, 3.63) is 59.0 Å². The lowest BCUT2D eigenvalue weighted by atomic mass is 10.0. The third kappa shape index (κ3) is 3.97. The Balaban J connectivity index is 2.03. The molecule has 0 radical (unpaired) electrons. The van der Waals surface area contributed by atoms with Gasteiger partial charge in [-0.3, -0.25) is 4.79 Å². The first-order valence-corrected chi connectivity index (χ1v) is 7.09. The topological polar surface area (TPSA) is 79.5 Å². The Hall–Kier alpha value is -2.56. The summed E-state index contributed by atoms with van der Waals surface area (Å²) in [6.45, 7) is 3.87. The summed E-state index contributed by atoms with van der Waals surface area (Å²) < 4.78 is 5.15. The van der Waals surface area contributed by atoms with E-state index in [4.69, 9.17) is 4.42 Å². The fourth-order valence-corrected chi connectivity index (χ4v) is 2.16. The molecule has 2 rings (SSSR count). The molecule has 1 aromatic carbocycles. The van der Waals surface area contributed by atoms with Crippen molar-refractivity contribution in [3.8, 4) is 0 Å². The Kier molecular flexibility index (Phi) is 4.99. The van der Waals surface area contributed by atoms with Crippen LogP contribution >= 0.6 is 0 Å². The van der Waals surface area contributed by atoms with Crippen LogP contribution in [0.5, 0.6) is 0 Å².